The number of aliphatic imine (C=N–C) groups is 2. The fourth-order valence-corrected chi connectivity index (χ4v) is 3.89. The van der Waals surface area contributed by atoms with E-state index in [9.17, 15) is 13.2 Å². The van der Waals surface area contributed by atoms with E-state index in [1.807, 2.05) is 0 Å². The summed E-state index contributed by atoms with van der Waals surface area (Å²) in [5, 5.41) is 23.2. The molecule has 30 heavy (non-hydrogen) atoms. The van der Waals surface area contributed by atoms with Crippen molar-refractivity contribution in [3.63, 3.8) is 0 Å². The molecule has 12 heteroatoms. The molecule has 5 N–H and O–H groups in total. The smallest absolute Gasteiger partial charge is 0.382 e. The molecule has 8 nitrogen and oxygen atoms in total. The zero-order valence-electron chi connectivity index (χ0n) is 16.0. The Morgan fingerprint density at radius 3 is 2.50 bits per heavy atom. The van der Waals surface area contributed by atoms with E-state index in [0.29, 0.717) is 12.0 Å². The number of thiazole rings is 1. The van der Waals surface area contributed by atoms with E-state index < -0.39 is 23.7 Å². The highest BCUT2D eigenvalue weighted by Crippen LogP contribution is 2.35. The lowest BCUT2D eigenvalue weighted by Crippen LogP contribution is -2.31. The fourth-order valence-electron chi connectivity index (χ4n) is 2.68. The molecule has 2 aromatic heterocycles. The van der Waals surface area contributed by atoms with Crippen molar-refractivity contribution in [1.29, 1.82) is 16.2 Å². The maximum absolute atomic E-state index is 13.3. The summed E-state index contributed by atoms with van der Waals surface area (Å²) < 4.78 is 39.9. The first-order chi connectivity index (χ1) is 14.1. The summed E-state index contributed by atoms with van der Waals surface area (Å²) in [4.78, 5) is 16.0. The van der Waals surface area contributed by atoms with E-state index in [-0.39, 0.29) is 27.1 Å². The number of nitrogens with two attached hydrogens (primary N) is 1. The Bertz CT molecular complexity index is 995. The zero-order valence-corrected chi connectivity index (χ0v) is 16.8. The minimum atomic E-state index is -4.90. The Labute approximate surface area is 174 Å². The molecule has 0 bridgehead atoms. The van der Waals surface area contributed by atoms with E-state index in [2.05, 4.69) is 20.0 Å². The van der Waals surface area contributed by atoms with Crippen LogP contribution in [0.1, 0.15) is 40.0 Å². The monoisotopic (exact) mass is 436 g/mol. The van der Waals surface area contributed by atoms with Gasteiger partial charge in [-0.2, -0.15) is 13.2 Å². The number of hydrogen-bond acceptors (Lipinski definition) is 7. The second kappa shape index (κ2) is 9.48. The summed E-state index contributed by atoms with van der Waals surface area (Å²) in [6.45, 7) is 1.54. The van der Waals surface area contributed by atoms with Crippen LogP contribution in [-0.4, -0.2) is 53.0 Å². The van der Waals surface area contributed by atoms with Crippen molar-refractivity contribution in [3.05, 3.63) is 45.7 Å². The molecule has 2 rings (SSSR count). The van der Waals surface area contributed by atoms with E-state index in [4.69, 9.17) is 22.0 Å². The number of pyridine rings is 1. The Kier molecular flexibility index (Phi) is 7.27. The van der Waals surface area contributed by atoms with Crippen molar-refractivity contribution in [2.24, 2.45) is 15.7 Å². The Balaban J connectivity index is 2.74. The Morgan fingerprint density at radius 1 is 1.30 bits per heavy atom. The van der Waals surface area contributed by atoms with Gasteiger partial charge >= 0.3 is 6.18 Å². The first kappa shape index (κ1) is 23.0. The van der Waals surface area contributed by atoms with Gasteiger partial charge in [-0.3, -0.25) is 20.8 Å². The maximum atomic E-state index is 13.3. The van der Waals surface area contributed by atoms with E-state index in [0.717, 1.165) is 17.6 Å². The molecule has 2 heterocycles. The molecular formula is C18H19F3N8S. The standard InChI is InChI=1S/C18H19F3N8S/c1-9(23)12(11-5-3-4-6-27-11)17-29-13(14(30-17)16(25)28-8-22)10(7-26-2)15(24)18(19,20)21/h3-8,10,12,23-24H,1-2H3,(H3,22,25,28). The van der Waals surface area contributed by atoms with Crippen LogP contribution in [0, 0.1) is 16.2 Å². The lowest BCUT2D eigenvalue weighted by Gasteiger charge is -2.16. The molecule has 2 unspecified atom stereocenters. The predicted octanol–water partition coefficient (Wildman–Crippen LogP) is 3.39. The molecule has 0 saturated carbocycles. The number of aromatic nitrogens is 2. The summed E-state index contributed by atoms with van der Waals surface area (Å²) in [5.74, 6) is -2.55. The molecule has 0 fully saturated rings. The van der Waals surface area contributed by atoms with Gasteiger partial charge < -0.3 is 11.1 Å². The number of hydrogen-bond donors (Lipinski definition) is 4. The number of alkyl halides is 3. The van der Waals surface area contributed by atoms with Gasteiger partial charge in [0.05, 0.1) is 28.1 Å². The summed E-state index contributed by atoms with van der Waals surface area (Å²) in [5.41, 5.74) is 4.83. The van der Waals surface area contributed by atoms with Gasteiger partial charge in [0.1, 0.15) is 22.9 Å². The van der Waals surface area contributed by atoms with Gasteiger partial charge in [-0.15, -0.1) is 11.3 Å². The van der Waals surface area contributed by atoms with E-state index >= 15 is 0 Å². The molecule has 0 spiro atoms. The van der Waals surface area contributed by atoms with Crippen LogP contribution < -0.4 is 5.73 Å². The molecule has 2 aromatic rings. The lowest BCUT2D eigenvalue weighted by atomic mass is 9.97. The summed E-state index contributed by atoms with van der Waals surface area (Å²) >= 11 is 0.944. The van der Waals surface area contributed by atoms with Gasteiger partial charge in [0, 0.05) is 25.2 Å². The summed E-state index contributed by atoms with van der Waals surface area (Å²) in [6.07, 6.45) is -1.74. The van der Waals surface area contributed by atoms with Crippen LogP contribution in [0.3, 0.4) is 0 Å². The first-order valence-electron chi connectivity index (χ1n) is 8.48. The molecule has 0 aliphatic heterocycles. The van der Waals surface area contributed by atoms with Crippen LogP contribution in [0.15, 0.2) is 34.4 Å². The second-order valence-electron chi connectivity index (χ2n) is 6.08. The number of rotatable bonds is 8. The van der Waals surface area contributed by atoms with Crippen LogP contribution in [0.4, 0.5) is 13.2 Å². The van der Waals surface area contributed by atoms with Crippen molar-refractivity contribution in [3.8, 4) is 0 Å². The van der Waals surface area contributed by atoms with Crippen LogP contribution in [0.25, 0.3) is 0 Å². The molecule has 0 aliphatic rings. The molecule has 0 aromatic carbocycles. The molecule has 0 aliphatic carbocycles. The quantitative estimate of drug-likeness (QED) is 0.371. The Hall–Kier alpha value is -3.28. The third-order valence-electron chi connectivity index (χ3n) is 3.98. The number of halogens is 3. The second-order valence-corrected chi connectivity index (χ2v) is 7.11. The summed E-state index contributed by atoms with van der Waals surface area (Å²) in [7, 11) is 1.29. The van der Waals surface area contributed by atoms with Crippen molar-refractivity contribution < 1.29 is 13.2 Å². The third-order valence-corrected chi connectivity index (χ3v) is 5.14. The largest absolute Gasteiger partial charge is 0.429 e. The SMILES string of the molecule is CN=CC(C(=N)C(F)(F)F)c1nc(C(C(C)=N)c2ccccn2)sc1C(N)=NC=N. The third kappa shape index (κ3) is 5.00. The highest BCUT2D eigenvalue weighted by atomic mass is 32.1. The van der Waals surface area contributed by atoms with Crippen LogP contribution in [0.5, 0.6) is 0 Å². The lowest BCUT2D eigenvalue weighted by molar-refractivity contribution is -0.0612. The maximum Gasteiger partial charge on any atom is 0.429 e. The number of nitrogens with one attached hydrogen (secondary N) is 3. The van der Waals surface area contributed by atoms with Crippen LogP contribution >= 0.6 is 11.3 Å². The van der Waals surface area contributed by atoms with E-state index in [1.165, 1.54) is 20.2 Å². The highest BCUT2D eigenvalue weighted by molar-refractivity contribution is 7.14. The average Bonchev–Trinajstić information content (AvgIpc) is 3.10. The minimum absolute atomic E-state index is 0.0783. The summed E-state index contributed by atoms with van der Waals surface area (Å²) in [6, 6.07) is 5.11. The van der Waals surface area contributed by atoms with Crippen LogP contribution in [0.2, 0.25) is 0 Å². The minimum Gasteiger partial charge on any atom is -0.382 e. The molecule has 2 atom stereocenters. The van der Waals surface area contributed by atoms with Crippen molar-refractivity contribution >= 4 is 41.1 Å². The van der Waals surface area contributed by atoms with Gasteiger partial charge in [-0.25, -0.2) is 9.98 Å². The normalized spacial score (nSPS) is 14.5. The van der Waals surface area contributed by atoms with Crippen molar-refractivity contribution in [1.82, 2.24) is 9.97 Å². The molecule has 0 saturated heterocycles. The van der Waals surface area contributed by atoms with Crippen molar-refractivity contribution in [2.75, 3.05) is 7.05 Å². The predicted molar refractivity (Wildman–Crippen MR) is 112 cm³/mol. The Morgan fingerprint density at radius 2 is 2.00 bits per heavy atom. The fraction of sp³-hybridized carbons (Fsp3) is 0.278. The van der Waals surface area contributed by atoms with Gasteiger partial charge in [-0.1, -0.05) is 6.07 Å². The highest BCUT2D eigenvalue weighted by Gasteiger charge is 2.42. The van der Waals surface area contributed by atoms with Crippen LogP contribution in [-0.2, 0) is 0 Å². The molecule has 0 amide bonds. The van der Waals surface area contributed by atoms with Gasteiger partial charge in [0.15, 0.2) is 0 Å². The van der Waals surface area contributed by atoms with E-state index in [1.54, 1.807) is 18.2 Å². The van der Waals surface area contributed by atoms with Crippen molar-refractivity contribution in [2.45, 2.75) is 24.9 Å². The molecule has 0 radical (unpaired) electrons. The molecule has 158 valence electrons. The zero-order chi connectivity index (χ0) is 22.5. The molecular weight excluding hydrogens is 417 g/mol. The van der Waals surface area contributed by atoms with Gasteiger partial charge in [0.25, 0.3) is 0 Å². The van der Waals surface area contributed by atoms with Gasteiger partial charge in [-0.05, 0) is 19.1 Å². The average molecular weight is 436 g/mol. The van der Waals surface area contributed by atoms with Gasteiger partial charge in [0.2, 0.25) is 0 Å². The number of amidine groups is 1. The number of nitrogens with zero attached hydrogens (tertiary/aromatic N) is 4. The first-order valence-corrected chi connectivity index (χ1v) is 9.30. The topological polar surface area (TPSA) is 148 Å².